The third-order valence-corrected chi connectivity index (χ3v) is 2.94. The Kier molecular flexibility index (Phi) is 4.02. The summed E-state index contributed by atoms with van der Waals surface area (Å²) >= 11 is 0. The van der Waals surface area contributed by atoms with Crippen LogP contribution in [-0.4, -0.2) is 31.8 Å². The molecule has 2 heteroatoms. The van der Waals surface area contributed by atoms with Gasteiger partial charge in [-0.15, -0.1) is 0 Å². The molecule has 0 N–H and O–H groups in total. The summed E-state index contributed by atoms with van der Waals surface area (Å²) in [6.07, 6.45) is 5.47. The Balaban J connectivity index is 2.24. The van der Waals surface area contributed by atoms with Crippen LogP contribution in [0.5, 0.6) is 0 Å². The summed E-state index contributed by atoms with van der Waals surface area (Å²) < 4.78 is 5.11. The topological polar surface area (TPSA) is 12.5 Å². The molecule has 0 bridgehead atoms. The van der Waals surface area contributed by atoms with Gasteiger partial charge in [-0.1, -0.05) is 6.92 Å². The second-order valence-corrected chi connectivity index (χ2v) is 4.09. The number of ether oxygens (including phenoxy) is 1. The van der Waals surface area contributed by atoms with Crippen LogP contribution >= 0.6 is 0 Å². The maximum Gasteiger partial charge on any atom is 0.0986 e. The second-order valence-electron chi connectivity index (χ2n) is 4.09. The average Bonchev–Trinajstić information content (AvgIpc) is 2.06. The quantitative estimate of drug-likeness (QED) is 0.603. The number of rotatable bonds is 3. The molecule has 72 valence electrons. The molecular formula is C10H21NO. The average molecular weight is 171 g/mol. The van der Waals surface area contributed by atoms with Gasteiger partial charge in [-0.3, -0.25) is 4.90 Å². The van der Waals surface area contributed by atoms with Crippen molar-refractivity contribution in [1.29, 1.82) is 0 Å². The smallest absolute Gasteiger partial charge is 0.0986 e. The zero-order valence-electron chi connectivity index (χ0n) is 8.55. The van der Waals surface area contributed by atoms with Crippen molar-refractivity contribution in [2.75, 3.05) is 20.9 Å². The zero-order chi connectivity index (χ0) is 8.97. The third kappa shape index (κ3) is 2.76. The van der Waals surface area contributed by atoms with Gasteiger partial charge >= 0.3 is 0 Å². The predicted octanol–water partition coefficient (Wildman–Crippen LogP) is 2.10. The molecule has 0 aliphatic heterocycles. The summed E-state index contributed by atoms with van der Waals surface area (Å²) in [5.74, 6) is 0.942. The molecule has 2 nitrogen and oxygen atoms in total. The molecule has 0 unspecified atom stereocenters. The van der Waals surface area contributed by atoms with E-state index in [4.69, 9.17) is 4.74 Å². The summed E-state index contributed by atoms with van der Waals surface area (Å²) in [5.41, 5.74) is 0. The molecule has 0 saturated heterocycles. The normalized spacial score (nSPS) is 31.0. The lowest BCUT2D eigenvalue weighted by Gasteiger charge is -2.32. The van der Waals surface area contributed by atoms with Crippen LogP contribution < -0.4 is 0 Å². The van der Waals surface area contributed by atoms with Crippen LogP contribution in [0.1, 0.15) is 32.6 Å². The Morgan fingerprint density at radius 1 is 1.25 bits per heavy atom. The fourth-order valence-corrected chi connectivity index (χ4v) is 1.99. The van der Waals surface area contributed by atoms with Gasteiger partial charge in [0.1, 0.15) is 0 Å². The van der Waals surface area contributed by atoms with Gasteiger partial charge in [0.25, 0.3) is 0 Å². The molecule has 1 saturated carbocycles. The van der Waals surface area contributed by atoms with E-state index in [1.807, 2.05) is 0 Å². The summed E-state index contributed by atoms with van der Waals surface area (Å²) in [6, 6.07) is 0.765. The molecule has 1 fully saturated rings. The first-order valence-electron chi connectivity index (χ1n) is 4.93. The highest BCUT2D eigenvalue weighted by molar-refractivity contribution is 4.75. The molecule has 0 aromatic carbocycles. The number of methoxy groups -OCH3 is 1. The van der Waals surface area contributed by atoms with E-state index < -0.39 is 0 Å². The van der Waals surface area contributed by atoms with E-state index in [2.05, 4.69) is 18.9 Å². The maximum absolute atomic E-state index is 5.11. The Bertz CT molecular complexity index is 119. The van der Waals surface area contributed by atoms with E-state index in [0.29, 0.717) is 0 Å². The van der Waals surface area contributed by atoms with Crippen LogP contribution in [-0.2, 0) is 4.74 Å². The highest BCUT2D eigenvalue weighted by Gasteiger charge is 2.20. The van der Waals surface area contributed by atoms with Gasteiger partial charge < -0.3 is 4.74 Å². The van der Waals surface area contributed by atoms with Crippen molar-refractivity contribution in [3.05, 3.63) is 0 Å². The van der Waals surface area contributed by atoms with Crippen molar-refractivity contribution in [2.45, 2.75) is 38.6 Å². The van der Waals surface area contributed by atoms with E-state index >= 15 is 0 Å². The summed E-state index contributed by atoms with van der Waals surface area (Å²) in [7, 11) is 3.92. The Hall–Kier alpha value is -0.0800. The summed E-state index contributed by atoms with van der Waals surface area (Å²) in [6.45, 7) is 3.13. The third-order valence-electron chi connectivity index (χ3n) is 2.94. The SMILES string of the molecule is COCN(C)C1CCC(C)CC1. The van der Waals surface area contributed by atoms with Crippen LogP contribution in [0.15, 0.2) is 0 Å². The van der Waals surface area contributed by atoms with Gasteiger partial charge in [0.05, 0.1) is 6.73 Å². The van der Waals surface area contributed by atoms with E-state index in [1.54, 1.807) is 7.11 Å². The molecule has 12 heavy (non-hydrogen) atoms. The molecule has 0 aromatic rings. The van der Waals surface area contributed by atoms with Crippen molar-refractivity contribution in [1.82, 2.24) is 4.90 Å². The van der Waals surface area contributed by atoms with Crippen molar-refractivity contribution >= 4 is 0 Å². The van der Waals surface area contributed by atoms with Gasteiger partial charge in [0.15, 0.2) is 0 Å². The fourth-order valence-electron chi connectivity index (χ4n) is 1.99. The first-order valence-corrected chi connectivity index (χ1v) is 4.93. The van der Waals surface area contributed by atoms with E-state index in [9.17, 15) is 0 Å². The van der Waals surface area contributed by atoms with Gasteiger partial charge in [-0.25, -0.2) is 0 Å². The summed E-state index contributed by atoms with van der Waals surface area (Å²) in [4.78, 5) is 2.33. The number of hydrogen-bond donors (Lipinski definition) is 0. The van der Waals surface area contributed by atoms with Crippen LogP contribution in [0.25, 0.3) is 0 Å². The Morgan fingerprint density at radius 2 is 1.83 bits per heavy atom. The molecule has 0 heterocycles. The Labute approximate surface area is 75.9 Å². The number of hydrogen-bond acceptors (Lipinski definition) is 2. The first-order chi connectivity index (χ1) is 5.74. The highest BCUT2D eigenvalue weighted by Crippen LogP contribution is 2.26. The first kappa shape index (κ1) is 10.0. The largest absolute Gasteiger partial charge is 0.369 e. The molecule has 0 atom stereocenters. The van der Waals surface area contributed by atoms with Crippen LogP contribution in [0.4, 0.5) is 0 Å². The van der Waals surface area contributed by atoms with Gasteiger partial charge in [-0.2, -0.15) is 0 Å². The van der Waals surface area contributed by atoms with E-state index in [-0.39, 0.29) is 0 Å². The molecule has 1 aliphatic rings. The fraction of sp³-hybridized carbons (Fsp3) is 1.00. The minimum atomic E-state index is 0.765. The van der Waals surface area contributed by atoms with Crippen LogP contribution in [0, 0.1) is 5.92 Å². The van der Waals surface area contributed by atoms with Gasteiger partial charge in [0, 0.05) is 13.2 Å². The van der Waals surface area contributed by atoms with Gasteiger partial charge in [-0.05, 0) is 38.6 Å². The molecule has 0 amide bonds. The van der Waals surface area contributed by atoms with Crippen molar-refractivity contribution in [2.24, 2.45) is 5.92 Å². The monoisotopic (exact) mass is 171 g/mol. The molecule has 1 rings (SSSR count). The van der Waals surface area contributed by atoms with Gasteiger partial charge in [0.2, 0.25) is 0 Å². The predicted molar refractivity (Wildman–Crippen MR) is 51.1 cm³/mol. The van der Waals surface area contributed by atoms with E-state index in [1.165, 1.54) is 25.7 Å². The lowest BCUT2D eigenvalue weighted by molar-refractivity contribution is 0.0366. The van der Waals surface area contributed by atoms with Crippen molar-refractivity contribution in [3.63, 3.8) is 0 Å². The lowest BCUT2D eigenvalue weighted by Crippen LogP contribution is -2.35. The minimum absolute atomic E-state index is 0.765. The standard InChI is InChI=1S/C10H21NO/c1-9-4-6-10(7-5-9)11(2)8-12-3/h9-10H,4-8H2,1-3H3. The molecule has 0 radical (unpaired) electrons. The van der Waals surface area contributed by atoms with Crippen LogP contribution in [0.3, 0.4) is 0 Å². The van der Waals surface area contributed by atoms with Crippen molar-refractivity contribution < 1.29 is 4.74 Å². The molecule has 0 spiro atoms. The second kappa shape index (κ2) is 4.83. The maximum atomic E-state index is 5.11. The summed E-state index contributed by atoms with van der Waals surface area (Å²) in [5, 5.41) is 0. The Morgan fingerprint density at radius 3 is 2.33 bits per heavy atom. The molecule has 0 aromatic heterocycles. The lowest BCUT2D eigenvalue weighted by atomic mass is 9.87. The highest BCUT2D eigenvalue weighted by atomic mass is 16.5. The molecular weight excluding hydrogens is 150 g/mol. The van der Waals surface area contributed by atoms with Crippen molar-refractivity contribution in [3.8, 4) is 0 Å². The van der Waals surface area contributed by atoms with E-state index in [0.717, 1.165) is 18.7 Å². The molecule has 1 aliphatic carbocycles. The zero-order valence-corrected chi connectivity index (χ0v) is 8.55. The number of nitrogens with zero attached hydrogens (tertiary/aromatic N) is 1. The van der Waals surface area contributed by atoms with Crippen LogP contribution in [0.2, 0.25) is 0 Å². The minimum Gasteiger partial charge on any atom is -0.369 e.